The molecule has 2 heterocycles. The topological polar surface area (TPSA) is 123 Å². The van der Waals surface area contributed by atoms with Gasteiger partial charge in [0.2, 0.25) is 5.95 Å². The van der Waals surface area contributed by atoms with Crippen molar-refractivity contribution in [1.29, 1.82) is 0 Å². The van der Waals surface area contributed by atoms with Crippen LogP contribution < -0.4 is 20.1 Å². The average Bonchev–Trinajstić information content (AvgIpc) is 2.97. The van der Waals surface area contributed by atoms with Crippen molar-refractivity contribution >= 4 is 17.7 Å². The van der Waals surface area contributed by atoms with Gasteiger partial charge < -0.3 is 30.0 Å². The molecule has 1 saturated heterocycles. The molecule has 10 nitrogen and oxygen atoms in total. The highest BCUT2D eigenvalue weighted by atomic mass is 19.4. The molecule has 3 aliphatic rings. The Morgan fingerprint density at radius 2 is 1.76 bits per heavy atom. The van der Waals surface area contributed by atoms with Crippen LogP contribution in [0, 0.1) is 5.92 Å². The summed E-state index contributed by atoms with van der Waals surface area (Å²) in [6, 6.07) is 11.5. The zero-order valence-corrected chi connectivity index (χ0v) is 24.9. The Hall–Kier alpha value is -4.10. The zero-order chi connectivity index (χ0) is 31.7. The lowest BCUT2D eigenvalue weighted by molar-refractivity contribution is -0.274. The largest absolute Gasteiger partial charge is 0.573 e. The fourth-order valence-corrected chi connectivity index (χ4v) is 6.19. The molecule has 45 heavy (non-hydrogen) atoms. The first-order valence-corrected chi connectivity index (χ1v) is 15.2. The Labute approximate surface area is 258 Å². The number of hydrogen-bond acceptors (Lipinski definition) is 9. The summed E-state index contributed by atoms with van der Waals surface area (Å²) in [6.45, 7) is 6.56. The van der Waals surface area contributed by atoms with Crippen molar-refractivity contribution in [3.05, 3.63) is 59.2 Å². The van der Waals surface area contributed by atoms with E-state index in [4.69, 9.17) is 20.3 Å². The van der Waals surface area contributed by atoms with Gasteiger partial charge in [-0.2, -0.15) is 4.98 Å². The van der Waals surface area contributed by atoms with E-state index in [9.17, 15) is 18.0 Å². The summed E-state index contributed by atoms with van der Waals surface area (Å²) >= 11 is 0. The number of anilines is 2. The number of nitrogen functional groups attached to an aromatic ring is 1. The molecule has 0 bridgehead atoms. The maximum atomic E-state index is 12.5. The van der Waals surface area contributed by atoms with Crippen molar-refractivity contribution in [3.8, 4) is 22.8 Å². The third kappa shape index (κ3) is 7.25. The SMILES string of the molecule is CC(Oc1ccc2c(c1)CCc1c-2nc(N)nc1N1CCN(CCOC2CC(C(=O)O)C2)CC1)c1ccc(OC(F)(F)F)cc1. The number of rotatable bonds is 10. The van der Waals surface area contributed by atoms with Crippen LogP contribution in [0.3, 0.4) is 0 Å². The van der Waals surface area contributed by atoms with Gasteiger partial charge in [-0.05, 0) is 74.1 Å². The van der Waals surface area contributed by atoms with Gasteiger partial charge in [0.1, 0.15) is 23.4 Å². The van der Waals surface area contributed by atoms with Crippen LogP contribution in [0.15, 0.2) is 42.5 Å². The van der Waals surface area contributed by atoms with E-state index in [2.05, 4.69) is 24.5 Å². The first-order chi connectivity index (χ1) is 21.5. The summed E-state index contributed by atoms with van der Waals surface area (Å²) in [4.78, 5) is 24.9. The lowest BCUT2D eigenvalue weighted by Crippen LogP contribution is -2.48. The maximum absolute atomic E-state index is 12.5. The number of nitrogens with zero attached hydrogens (tertiary/aromatic N) is 4. The summed E-state index contributed by atoms with van der Waals surface area (Å²) in [6.07, 6.45) is -2.35. The highest BCUT2D eigenvalue weighted by Crippen LogP contribution is 2.39. The summed E-state index contributed by atoms with van der Waals surface area (Å²) in [5, 5.41) is 9.03. The highest BCUT2D eigenvalue weighted by Gasteiger charge is 2.35. The van der Waals surface area contributed by atoms with Gasteiger partial charge in [-0.25, -0.2) is 4.98 Å². The van der Waals surface area contributed by atoms with Crippen molar-refractivity contribution < 1.29 is 37.3 Å². The number of aromatic nitrogens is 2. The molecule has 6 rings (SSSR count). The smallest absolute Gasteiger partial charge is 0.486 e. The molecular weight excluding hydrogens is 591 g/mol. The molecule has 13 heteroatoms. The van der Waals surface area contributed by atoms with Crippen LogP contribution in [-0.4, -0.2) is 77.7 Å². The molecule has 0 amide bonds. The molecule has 240 valence electrons. The van der Waals surface area contributed by atoms with Gasteiger partial charge in [-0.15, -0.1) is 13.2 Å². The summed E-state index contributed by atoms with van der Waals surface area (Å²) in [7, 11) is 0. The Bertz CT molecular complexity index is 1520. The zero-order valence-electron chi connectivity index (χ0n) is 24.9. The number of piperazine rings is 1. The Morgan fingerprint density at radius 3 is 2.44 bits per heavy atom. The van der Waals surface area contributed by atoms with Crippen molar-refractivity contribution in [2.75, 3.05) is 50.0 Å². The number of carboxylic acid groups (broad SMARTS) is 1. The second-order valence-corrected chi connectivity index (χ2v) is 11.8. The highest BCUT2D eigenvalue weighted by molar-refractivity contribution is 5.76. The molecule has 2 fully saturated rings. The molecule has 1 aliphatic heterocycles. The number of carboxylic acids is 1. The number of alkyl halides is 3. The Morgan fingerprint density at radius 1 is 1.04 bits per heavy atom. The minimum atomic E-state index is -4.74. The van der Waals surface area contributed by atoms with Gasteiger partial charge in [-0.1, -0.05) is 12.1 Å². The lowest BCUT2D eigenvalue weighted by Gasteiger charge is -2.38. The molecule has 3 N–H and O–H groups in total. The van der Waals surface area contributed by atoms with Gasteiger partial charge >= 0.3 is 12.3 Å². The normalized spacial score (nSPS) is 20.5. The van der Waals surface area contributed by atoms with E-state index in [1.807, 2.05) is 25.1 Å². The monoisotopic (exact) mass is 627 g/mol. The minimum absolute atomic E-state index is 0.0549. The number of aryl methyl sites for hydroxylation is 1. The van der Waals surface area contributed by atoms with Gasteiger partial charge in [-0.3, -0.25) is 9.69 Å². The van der Waals surface area contributed by atoms with Gasteiger partial charge in [0.05, 0.1) is 24.3 Å². The van der Waals surface area contributed by atoms with E-state index >= 15 is 0 Å². The van der Waals surface area contributed by atoms with Gasteiger partial charge in [0, 0.05) is 43.9 Å². The fourth-order valence-electron chi connectivity index (χ4n) is 6.19. The van der Waals surface area contributed by atoms with E-state index in [-0.39, 0.29) is 23.7 Å². The Balaban J connectivity index is 1.07. The second-order valence-electron chi connectivity index (χ2n) is 11.8. The van der Waals surface area contributed by atoms with Crippen LogP contribution in [0.25, 0.3) is 11.3 Å². The van der Waals surface area contributed by atoms with Crippen molar-refractivity contribution in [2.45, 2.75) is 51.2 Å². The molecule has 0 radical (unpaired) electrons. The van der Waals surface area contributed by atoms with Crippen LogP contribution >= 0.6 is 0 Å². The number of ether oxygens (including phenoxy) is 3. The molecule has 1 atom stereocenters. The number of fused-ring (bicyclic) bond motifs is 3. The number of aliphatic carboxylic acids is 1. The molecule has 1 aromatic heterocycles. The van der Waals surface area contributed by atoms with E-state index in [0.29, 0.717) is 25.2 Å². The quantitative estimate of drug-likeness (QED) is 0.322. The number of hydrogen-bond donors (Lipinski definition) is 2. The fraction of sp³-hybridized carbons (Fsp3) is 0.469. The predicted molar refractivity (Wildman–Crippen MR) is 160 cm³/mol. The lowest BCUT2D eigenvalue weighted by atomic mass is 9.82. The first-order valence-electron chi connectivity index (χ1n) is 15.2. The second kappa shape index (κ2) is 12.7. The number of halogens is 3. The molecule has 1 unspecified atom stereocenters. The number of carbonyl (C=O) groups is 1. The maximum Gasteiger partial charge on any atom is 0.573 e. The summed E-state index contributed by atoms with van der Waals surface area (Å²) in [5.41, 5.74) is 10.9. The first kappa shape index (κ1) is 30.9. The van der Waals surface area contributed by atoms with E-state index in [1.54, 1.807) is 12.1 Å². The van der Waals surface area contributed by atoms with Crippen molar-refractivity contribution in [3.63, 3.8) is 0 Å². The van der Waals surface area contributed by atoms with E-state index in [0.717, 1.165) is 79.3 Å². The Kier molecular flexibility index (Phi) is 8.74. The van der Waals surface area contributed by atoms with Crippen LogP contribution in [0.5, 0.6) is 11.5 Å². The van der Waals surface area contributed by atoms with Crippen molar-refractivity contribution in [2.24, 2.45) is 5.92 Å². The van der Waals surface area contributed by atoms with Crippen molar-refractivity contribution in [1.82, 2.24) is 14.9 Å². The predicted octanol–water partition coefficient (Wildman–Crippen LogP) is 4.86. The molecule has 1 saturated carbocycles. The minimum Gasteiger partial charge on any atom is -0.486 e. The van der Waals surface area contributed by atoms with Crippen LogP contribution in [0.1, 0.15) is 42.6 Å². The molecule has 2 aliphatic carbocycles. The third-order valence-electron chi connectivity index (χ3n) is 8.75. The molecule has 3 aromatic rings. The molecule has 0 spiro atoms. The average molecular weight is 628 g/mol. The van der Waals surface area contributed by atoms with Crippen LogP contribution in [0.2, 0.25) is 0 Å². The summed E-state index contributed by atoms with van der Waals surface area (Å²) < 4.78 is 53.4. The third-order valence-corrected chi connectivity index (χ3v) is 8.75. The van der Waals surface area contributed by atoms with E-state index < -0.39 is 18.4 Å². The van der Waals surface area contributed by atoms with Crippen LogP contribution in [-0.2, 0) is 22.4 Å². The van der Waals surface area contributed by atoms with Crippen LogP contribution in [0.4, 0.5) is 24.9 Å². The summed E-state index contributed by atoms with van der Waals surface area (Å²) in [5.74, 6) is 0.474. The number of nitrogens with two attached hydrogens (primary N) is 1. The van der Waals surface area contributed by atoms with E-state index in [1.165, 1.54) is 12.1 Å². The van der Waals surface area contributed by atoms with Gasteiger partial charge in [0.25, 0.3) is 0 Å². The standard InChI is InChI=1S/C32H36F3N5O5/c1-19(20-2-5-23(6-3-20)45-32(33,34)35)44-24-7-9-26-21(16-24)4-8-27-28(26)37-31(36)38-29(27)40-12-10-39(11-13-40)14-15-43-25-17-22(18-25)30(41)42/h2-3,5-7,9,16,19,22,25H,4,8,10-15,17-18H2,1H3,(H,41,42)(H2,36,37,38). The molecule has 2 aromatic carbocycles. The van der Waals surface area contributed by atoms with Gasteiger partial charge in [0.15, 0.2) is 0 Å². The number of benzene rings is 2. The molecular formula is C32H36F3N5O5.